The van der Waals surface area contributed by atoms with Crippen LogP contribution >= 0.6 is 11.3 Å². The zero-order valence-electron chi connectivity index (χ0n) is 12.7. The van der Waals surface area contributed by atoms with Gasteiger partial charge in [-0.1, -0.05) is 12.1 Å². The summed E-state index contributed by atoms with van der Waals surface area (Å²) in [4.78, 5) is 16.1. The van der Waals surface area contributed by atoms with E-state index in [2.05, 4.69) is 15.6 Å². The van der Waals surface area contributed by atoms with Crippen molar-refractivity contribution in [3.63, 3.8) is 0 Å². The first-order valence-corrected chi connectivity index (χ1v) is 8.13. The Morgan fingerprint density at radius 3 is 2.95 bits per heavy atom. The van der Waals surface area contributed by atoms with E-state index in [-0.39, 0.29) is 17.9 Å². The molecule has 4 nitrogen and oxygen atoms in total. The number of carbonyl (C=O) groups excluding carboxylic acids is 1. The van der Waals surface area contributed by atoms with Crippen molar-refractivity contribution in [1.29, 1.82) is 0 Å². The molecule has 1 aromatic carbocycles. The van der Waals surface area contributed by atoms with E-state index in [0.29, 0.717) is 6.54 Å². The lowest BCUT2D eigenvalue weighted by molar-refractivity contribution is 0.237. The van der Waals surface area contributed by atoms with Gasteiger partial charge in [-0.15, -0.1) is 11.3 Å². The summed E-state index contributed by atoms with van der Waals surface area (Å²) in [7, 11) is 0. The molecule has 1 heterocycles. The topological polar surface area (TPSA) is 54.0 Å². The van der Waals surface area contributed by atoms with Crippen molar-refractivity contribution in [3.8, 4) is 0 Å². The van der Waals surface area contributed by atoms with Crippen LogP contribution in [0.15, 0.2) is 29.6 Å². The van der Waals surface area contributed by atoms with E-state index in [1.165, 1.54) is 12.1 Å². The lowest BCUT2D eigenvalue weighted by Gasteiger charge is -2.12. The largest absolute Gasteiger partial charge is 0.338 e. The van der Waals surface area contributed by atoms with Crippen LogP contribution in [0.1, 0.15) is 35.7 Å². The molecule has 0 unspecified atom stereocenters. The molecule has 6 heteroatoms. The molecule has 1 atom stereocenters. The molecule has 2 N–H and O–H groups in total. The van der Waals surface area contributed by atoms with Gasteiger partial charge in [-0.2, -0.15) is 0 Å². The summed E-state index contributed by atoms with van der Waals surface area (Å²) in [6.45, 7) is 4.39. The molecule has 118 valence electrons. The number of nitrogens with zero attached hydrogens (tertiary/aromatic N) is 1. The average Bonchev–Trinajstić information content (AvgIpc) is 2.90. The second-order valence-electron chi connectivity index (χ2n) is 5.15. The lowest BCUT2D eigenvalue weighted by Crippen LogP contribution is -2.37. The third-order valence-electron chi connectivity index (χ3n) is 3.24. The second kappa shape index (κ2) is 7.89. The van der Waals surface area contributed by atoms with E-state index in [1.54, 1.807) is 17.4 Å². The highest BCUT2D eigenvalue weighted by Gasteiger charge is 2.11. The highest BCUT2D eigenvalue weighted by Crippen LogP contribution is 2.15. The van der Waals surface area contributed by atoms with E-state index in [9.17, 15) is 9.18 Å². The summed E-state index contributed by atoms with van der Waals surface area (Å²) in [5.41, 5.74) is 1.81. The Morgan fingerprint density at radius 2 is 2.27 bits per heavy atom. The van der Waals surface area contributed by atoms with Gasteiger partial charge >= 0.3 is 6.03 Å². The smallest absolute Gasteiger partial charge is 0.315 e. The van der Waals surface area contributed by atoms with E-state index in [1.807, 2.05) is 25.3 Å². The van der Waals surface area contributed by atoms with Gasteiger partial charge in [0, 0.05) is 11.9 Å². The van der Waals surface area contributed by atoms with Crippen molar-refractivity contribution in [2.75, 3.05) is 6.54 Å². The number of thiazole rings is 1. The predicted molar refractivity (Wildman–Crippen MR) is 86.5 cm³/mol. The molecule has 0 fully saturated rings. The van der Waals surface area contributed by atoms with Gasteiger partial charge in [-0.3, -0.25) is 0 Å². The number of amides is 2. The SMILES string of the molecule is Cc1nc([C@@H](C)NC(=O)NCCCc2cccc(F)c2)cs1. The van der Waals surface area contributed by atoms with Gasteiger partial charge < -0.3 is 10.6 Å². The zero-order valence-corrected chi connectivity index (χ0v) is 13.5. The molecule has 1 aromatic heterocycles. The van der Waals surface area contributed by atoms with Crippen LogP contribution in [0, 0.1) is 12.7 Å². The van der Waals surface area contributed by atoms with Crippen molar-refractivity contribution in [2.45, 2.75) is 32.7 Å². The highest BCUT2D eigenvalue weighted by molar-refractivity contribution is 7.09. The molecule has 2 aromatic rings. The number of nitrogens with one attached hydrogen (secondary N) is 2. The Morgan fingerprint density at radius 1 is 1.45 bits per heavy atom. The van der Waals surface area contributed by atoms with Crippen LogP contribution in [-0.4, -0.2) is 17.6 Å². The Balaban J connectivity index is 1.67. The zero-order chi connectivity index (χ0) is 15.9. The summed E-state index contributed by atoms with van der Waals surface area (Å²) in [5, 5.41) is 8.59. The fraction of sp³-hybridized carbons (Fsp3) is 0.375. The highest BCUT2D eigenvalue weighted by atomic mass is 32.1. The normalized spacial score (nSPS) is 12.0. The maximum Gasteiger partial charge on any atom is 0.315 e. The summed E-state index contributed by atoms with van der Waals surface area (Å²) in [6, 6.07) is 6.20. The number of halogens is 1. The van der Waals surface area contributed by atoms with E-state index in [0.717, 1.165) is 29.1 Å². The van der Waals surface area contributed by atoms with E-state index >= 15 is 0 Å². The Bertz CT molecular complexity index is 629. The Hall–Kier alpha value is -1.95. The molecule has 0 spiro atoms. The first-order chi connectivity index (χ1) is 10.5. The molecular weight excluding hydrogens is 301 g/mol. The van der Waals surface area contributed by atoms with Gasteiger partial charge in [0.2, 0.25) is 0 Å². The van der Waals surface area contributed by atoms with Crippen LogP contribution in [0.5, 0.6) is 0 Å². The van der Waals surface area contributed by atoms with Gasteiger partial charge in [0.15, 0.2) is 0 Å². The van der Waals surface area contributed by atoms with Crippen molar-refractivity contribution in [1.82, 2.24) is 15.6 Å². The van der Waals surface area contributed by atoms with Crippen molar-refractivity contribution in [3.05, 3.63) is 51.7 Å². The fourth-order valence-corrected chi connectivity index (χ4v) is 2.79. The monoisotopic (exact) mass is 321 g/mol. The van der Waals surface area contributed by atoms with Crippen LogP contribution in [0.2, 0.25) is 0 Å². The molecule has 0 saturated heterocycles. The molecule has 0 aliphatic rings. The number of hydrogen-bond donors (Lipinski definition) is 2. The number of hydrogen-bond acceptors (Lipinski definition) is 3. The van der Waals surface area contributed by atoms with Crippen molar-refractivity contribution < 1.29 is 9.18 Å². The van der Waals surface area contributed by atoms with Gasteiger partial charge in [-0.25, -0.2) is 14.2 Å². The van der Waals surface area contributed by atoms with Crippen molar-refractivity contribution in [2.24, 2.45) is 0 Å². The van der Waals surface area contributed by atoms with E-state index < -0.39 is 0 Å². The Kier molecular flexibility index (Phi) is 5.89. The molecule has 0 saturated carbocycles. The molecule has 0 aliphatic heterocycles. The average molecular weight is 321 g/mol. The van der Waals surface area contributed by atoms with Gasteiger partial charge in [0.05, 0.1) is 16.7 Å². The standard InChI is InChI=1S/C16H20FN3OS/c1-11(15-10-22-12(2)20-15)19-16(21)18-8-4-6-13-5-3-7-14(17)9-13/h3,5,7,9-11H,4,6,8H2,1-2H3,(H2,18,19,21)/t11-/m1/s1. The summed E-state index contributed by atoms with van der Waals surface area (Å²) < 4.78 is 13.0. The number of rotatable bonds is 6. The van der Waals surface area contributed by atoms with Gasteiger partial charge in [0.25, 0.3) is 0 Å². The fourth-order valence-electron chi connectivity index (χ4n) is 2.09. The minimum atomic E-state index is -0.226. The lowest BCUT2D eigenvalue weighted by atomic mass is 10.1. The quantitative estimate of drug-likeness (QED) is 0.799. The maximum atomic E-state index is 13.0. The first-order valence-electron chi connectivity index (χ1n) is 7.25. The molecule has 2 rings (SSSR count). The minimum absolute atomic E-state index is 0.117. The summed E-state index contributed by atoms with van der Waals surface area (Å²) in [5.74, 6) is -0.226. The molecular formula is C16H20FN3OS. The number of urea groups is 1. The van der Waals surface area contributed by atoms with Crippen LogP contribution < -0.4 is 10.6 Å². The van der Waals surface area contributed by atoms with Gasteiger partial charge in [0.1, 0.15) is 5.82 Å². The predicted octanol–water partition coefficient (Wildman–Crippen LogP) is 3.58. The number of aryl methyl sites for hydroxylation is 2. The first kappa shape index (κ1) is 16.4. The number of benzene rings is 1. The van der Waals surface area contributed by atoms with Crippen LogP contribution in [0.4, 0.5) is 9.18 Å². The second-order valence-corrected chi connectivity index (χ2v) is 6.21. The van der Waals surface area contributed by atoms with Crippen LogP contribution in [-0.2, 0) is 6.42 Å². The maximum absolute atomic E-state index is 13.0. The third kappa shape index (κ3) is 5.11. The summed E-state index contributed by atoms with van der Waals surface area (Å²) >= 11 is 1.57. The summed E-state index contributed by atoms with van der Waals surface area (Å²) in [6.07, 6.45) is 1.50. The third-order valence-corrected chi connectivity index (χ3v) is 4.04. The van der Waals surface area contributed by atoms with Crippen LogP contribution in [0.3, 0.4) is 0 Å². The number of aromatic nitrogens is 1. The molecule has 22 heavy (non-hydrogen) atoms. The van der Waals surface area contributed by atoms with Crippen molar-refractivity contribution >= 4 is 17.4 Å². The minimum Gasteiger partial charge on any atom is -0.338 e. The molecule has 0 bridgehead atoms. The number of carbonyl (C=O) groups is 1. The van der Waals surface area contributed by atoms with Crippen LogP contribution in [0.25, 0.3) is 0 Å². The van der Waals surface area contributed by atoms with Gasteiger partial charge in [-0.05, 0) is 44.4 Å². The van der Waals surface area contributed by atoms with E-state index in [4.69, 9.17) is 0 Å². The molecule has 0 aliphatic carbocycles. The Labute approximate surface area is 133 Å². The molecule has 2 amide bonds. The molecule has 0 radical (unpaired) electrons.